The summed E-state index contributed by atoms with van der Waals surface area (Å²) in [7, 11) is 0. The summed E-state index contributed by atoms with van der Waals surface area (Å²) in [6.07, 6.45) is 3.23. The highest BCUT2D eigenvalue weighted by Crippen LogP contribution is 2.11. The number of nitrogens with zero attached hydrogens (tertiary/aromatic N) is 1. The summed E-state index contributed by atoms with van der Waals surface area (Å²) in [5.74, 6) is -0.0824. The number of hydrogen-bond donors (Lipinski definition) is 1. The van der Waals surface area contributed by atoms with Crippen LogP contribution in [0, 0.1) is 0 Å². The predicted octanol–water partition coefficient (Wildman–Crippen LogP) is 1.11. The SMILES string of the molecule is CC(C)NC(=O)/C=C/CN1CCC(F)C1. The van der Waals surface area contributed by atoms with Gasteiger partial charge in [0.25, 0.3) is 0 Å². The highest BCUT2D eigenvalue weighted by atomic mass is 19.1. The zero-order valence-corrected chi connectivity index (χ0v) is 9.37. The molecule has 86 valence electrons. The molecule has 1 saturated heterocycles. The maximum Gasteiger partial charge on any atom is 0.243 e. The van der Waals surface area contributed by atoms with Crippen molar-refractivity contribution >= 4 is 5.91 Å². The smallest absolute Gasteiger partial charge is 0.243 e. The molecular formula is C11H19FN2O. The Balaban J connectivity index is 2.18. The fourth-order valence-corrected chi connectivity index (χ4v) is 1.59. The Hall–Kier alpha value is -0.900. The lowest BCUT2D eigenvalue weighted by Gasteiger charge is -2.10. The second-order valence-electron chi connectivity index (χ2n) is 4.21. The Kier molecular flexibility index (Phi) is 4.75. The molecule has 0 radical (unpaired) electrons. The van der Waals surface area contributed by atoms with E-state index in [9.17, 15) is 9.18 Å². The van der Waals surface area contributed by atoms with Crippen LogP contribution in [-0.4, -0.2) is 42.7 Å². The first kappa shape index (κ1) is 12.2. The number of carbonyl (C=O) groups excluding carboxylic acids is 1. The third-order valence-electron chi connectivity index (χ3n) is 2.28. The van der Waals surface area contributed by atoms with E-state index >= 15 is 0 Å². The molecule has 3 nitrogen and oxygen atoms in total. The molecule has 1 atom stereocenters. The van der Waals surface area contributed by atoms with E-state index in [1.54, 1.807) is 6.08 Å². The van der Waals surface area contributed by atoms with Crippen LogP contribution in [0.15, 0.2) is 12.2 Å². The van der Waals surface area contributed by atoms with Crippen LogP contribution >= 0.6 is 0 Å². The summed E-state index contributed by atoms with van der Waals surface area (Å²) in [6, 6.07) is 0.157. The van der Waals surface area contributed by atoms with Crippen molar-refractivity contribution in [3.63, 3.8) is 0 Å². The third kappa shape index (κ3) is 4.93. The second-order valence-corrected chi connectivity index (χ2v) is 4.21. The number of rotatable bonds is 4. The highest BCUT2D eigenvalue weighted by molar-refractivity contribution is 5.87. The number of nitrogens with one attached hydrogen (secondary N) is 1. The third-order valence-corrected chi connectivity index (χ3v) is 2.28. The summed E-state index contributed by atoms with van der Waals surface area (Å²) in [6.45, 7) is 5.78. The quantitative estimate of drug-likeness (QED) is 0.711. The van der Waals surface area contributed by atoms with Crippen LogP contribution in [0.3, 0.4) is 0 Å². The lowest BCUT2D eigenvalue weighted by molar-refractivity contribution is -0.116. The van der Waals surface area contributed by atoms with Gasteiger partial charge in [-0.15, -0.1) is 0 Å². The largest absolute Gasteiger partial charge is 0.350 e. The van der Waals surface area contributed by atoms with Crippen molar-refractivity contribution in [2.45, 2.75) is 32.5 Å². The highest BCUT2D eigenvalue weighted by Gasteiger charge is 2.20. The van der Waals surface area contributed by atoms with Crippen LogP contribution in [-0.2, 0) is 4.79 Å². The van der Waals surface area contributed by atoms with E-state index < -0.39 is 6.17 Å². The molecule has 0 spiro atoms. The summed E-state index contributed by atoms with van der Waals surface area (Å²) in [5.41, 5.74) is 0. The van der Waals surface area contributed by atoms with Crippen molar-refractivity contribution in [2.24, 2.45) is 0 Å². The molecule has 1 rings (SSSR count). The first-order chi connectivity index (χ1) is 7.08. The molecule has 0 aliphatic carbocycles. The molecular weight excluding hydrogens is 195 g/mol. The maximum atomic E-state index is 12.8. The van der Waals surface area contributed by atoms with E-state index in [2.05, 4.69) is 5.32 Å². The van der Waals surface area contributed by atoms with Crippen molar-refractivity contribution in [3.05, 3.63) is 12.2 Å². The van der Waals surface area contributed by atoms with Crippen LogP contribution in [0.1, 0.15) is 20.3 Å². The Morgan fingerprint density at radius 1 is 1.67 bits per heavy atom. The molecule has 0 aromatic heterocycles. The molecule has 1 aliphatic heterocycles. The number of likely N-dealkylation sites (tertiary alicyclic amines) is 1. The minimum absolute atomic E-state index is 0.0824. The maximum absolute atomic E-state index is 12.8. The molecule has 0 aromatic rings. The number of halogens is 1. The summed E-state index contributed by atoms with van der Waals surface area (Å²) < 4.78 is 12.8. The first-order valence-electron chi connectivity index (χ1n) is 5.41. The Morgan fingerprint density at radius 3 is 2.93 bits per heavy atom. The zero-order valence-electron chi connectivity index (χ0n) is 9.37. The van der Waals surface area contributed by atoms with Crippen molar-refractivity contribution in [1.82, 2.24) is 10.2 Å². The second kappa shape index (κ2) is 5.85. The molecule has 15 heavy (non-hydrogen) atoms. The van der Waals surface area contributed by atoms with E-state index in [0.29, 0.717) is 19.5 Å². The molecule has 1 N–H and O–H groups in total. The Labute approximate surface area is 90.3 Å². The number of amides is 1. The number of carbonyl (C=O) groups is 1. The topological polar surface area (TPSA) is 32.3 Å². The van der Waals surface area contributed by atoms with Gasteiger partial charge in [0.1, 0.15) is 6.17 Å². The van der Waals surface area contributed by atoms with Gasteiger partial charge in [-0.25, -0.2) is 4.39 Å². The lowest BCUT2D eigenvalue weighted by atomic mass is 10.3. The van der Waals surface area contributed by atoms with Crippen molar-refractivity contribution < 1.29 is 9.18 Å². The normalized spacial score (nSPS) is 22.8. The lowest BCUT2D eigenvalue weighted by Crippen LogP contribution is -2.28. The van der Waals surface area contributed by atoms with Crippen molar-refractivity contribution in [2.75, 3.05) is 19.6 Å². The molecule has 1 fully saturated rings. The molecule has 0 bridgehead atoms. The summed E-state index contributed by atoms with van der Waals surface area (Å²) in [4.78, 5) is 13.2. The molecule has 4 heteroatoms. The fourth-order valence-electron chi connectivity index (χ4n) is 1.59. The Bertz CT molecular complexity index is 241. The van der Waals surface area contributed by atoms with Gasteiger partial charge in [0, 0.05) is 31.8 Å². The average molecular weight is 214 g/mol. The van der Waals surface area contributed by atoms with Gasteiger partial charge in [-0.2, -0.15) is 0 Å². The van der Waals surface area contributed by atoms with E-state index in [1.807, 2.05) is 18.7 Å². The van der Waals surface area contributed by atoms with Gasteiger partial charge in [-0.1, -0.05) is 6.08 Å². The fraction of sp³-hybridized carbons (Fsp3) is 0.727. The van der Waals surface area contributed by atoms with Crippen LogP contribution in [0.25, 0.3) is 0 Å². The van der Waals surface area contributed by atoms with Gasteiger partial charge < -0.3 is 5.32 Å². The van der Waals surface area contributed by atoms with Crippen LogP contribution in [0.2, 0.25) is 0 Å². The molecule has 1 heterocycles. The molecule has 1 amide bonds. The minimum Gasteiger partial charge on any atom is -0.350 e. The standard InChI is InChI=1S/C11H19FN2O/c1-9(2)13-11(15)4-3-6-14-7-5-10(12)8-14/h3-4,9-10H,5-8H2,1-2H3,(H,13,15)/b4-3+. The van der Waals surface area contributed by atoms with Gasteiger partial charge >= 0.3 is 0 Å². The van der Waals surface area contributed by atoms with E-state index in [4.69, 9.17) is 0 Å². The minimum atomic E-state index is -0.692. The summed E-state index contributed by atoms with van der Waals surface area (Å²) >= 11 is 0. The van der Waals surface area contributed by atoms with Gasteiger partial charge in [0.05, 0.1) is 0 Å². The predicted molar refractivity (Wildman–Crippen MR) is 58.4 cm³/mol. The van der Waals surface area contributed by atoms with Gasteiger partial charge in [-0.05, 0) is 20.3 Å². The van der Waals surface area contributed by atoms with Crippen LogP contribution < -0.4 is 5.32 Å². The van der Waals surface area contributed by atoms with Crippen LogP contribution in [0.4, 0.5) is 4.39 Å². The average Bonchev–Trinajstić information content (AvgIpc) is 2.50. The van der Waals surface area contributed by atoms with E-state index in [-0.39, 0.29) is 11.9 Å². The molecule has 0 aromatic carbocycles. The van der Waals surface area contributed by atoms with Gasteiger partial charge in [0.15, 0.2) is 0 Å². The van der Waals surface area contributed by atoms with Gasteiger partial charge in [0.2, 0.25) is 5.91 Å². The first-order valence-corrected chi connectivity index (χ1v) is 5.41. The van der Waals surface area contributed by atoms with E-state index in [0.717, 1.165) is 6.54 Å². The van der Waals surface area contributed by atoms with Crippen molar-refractivity contribution in [3.8, 4) is 0 Å². The molecule has 1 unspecified atom stereocenters. The number of hydrogen-bond acceptors (Lipinski definition) is 2. The molecule has 1 aliphatic rings. The van der Waals surface area contributed by atoms with E-state index in [1.165, 1.54) is 6.08 Å². The Morgan fingerprint density at radius 2 is 2.40 bits per heavy atom. The molecule has 0 saturated carbocycles. The van der Waals surface area contributed by atoms with Crippen LogP contribution in [0.5, 0.6) is 0 Å². The zero-order chi connectivity index (χ0) is 11.3. The number of alkyl halides is 1. The monoisotopic (exact) mass is 214 g/mol. The summed E-state index contributed by atoms with van der Waals surface area (Å²) in [5, 5.41) is 2.76. The van der Waals surface area contributed by atoms with Crippen molar-refractivity contribution in [1.29, 1.82) is 0 Å². The van der Waals surface area contributed by atoms with Gasteiger partial charge in [-0.3, -0.25) is 9.69 Å².